The van der Waals surface area contributed by atoms with Gasteiger partial charge in [-0.2, -0.15) is 0 Å². The fourth-order valence-electron chi connectivity index (χ4n) is 0.464. The van der Waals surface area contributed by atoms with E-state index in [9.17, 15) is 4.79 Å². The van der Waals surface area contributed by atoms with Gasteiger partial charge >= 0.3 is 5.97 Å². The lowest BCUT2D eigenvalue weighted by Gasteiger charge is -2.11. The Kier molecular flexibility index (Phi) is 3.94. The lowest BCUT2D eigenvalue weighted by Crippen LogP contribution is -2.42. The van der Waals surface area contributed by atoms with Gasteiger partial charge in [-0.3, -0.25) is 4.79 Å². The van der Waals surface area contributed by atoms with Crippen LogP contribution in [0.4, 0.5) is 0 Å². The van der Waals surface area contributed by atoms with Crippen LogP contribution in [0.15, 0.2) is 0 Å². The standard InChI is InChI=1S/C5H12N2O3/c6-5(7)3(8)1-2-4(9)10/h3,5,8H,1-2,6-7H2,(H,9,10). The first-order valence-corrected chi connectivity index (χ1v) is 2.95. The van der Waals surface area contributed by atoms with Gasteiger partial charge in [0.25, 0.3) is 0 Å². The molecule has 0 aromatic heterocycles. The first-order chi connectivity index (χ1) is 4.54. The van der Waals surface area contributed by atoms with E-state index in [0.717, 1.165) is 0 Å². The summed E-state index contributed by atoms with van der Waals surface area (Å²) < 4.78 is 0. The molecule has 10 heavy (non-hydrogen) atoms. The average Bonchev–Trinajstić information content (AvgIpc) is 1.82. The predicted molar refractivity (Wildman–Crippen MR) is 35.0 cm³/mol. The minimum absolute atomic E-state index is 0.104. The summed E-state index contributed by atoms with van der Waals surface area (Å²) in [5.41, 5.74) is 10.1. The number of carboxylic acid groups (broad SMARTS) is 1. The van der Waals surface area contributed by atoms with Crippen molar-refractivity contribution in [2.45, 2.75) is 25.1 Å². The summed E-state index contributed by atoms with van der Waals surface area (Å²) in [6.07, 6.45) is -1.77. The number of nitrogens with two attached hydrogens (primary N) is 2. The normalized spacial score (nSPS) is 13.6. The molecule has 0 aliphatic carbocycles. The number of hydrogen-bond acceptors (Lipinski definition) is 4. The van der Waals surface area contributed by atoms with Gasteiger partial charge in [-0.05, 0) is 6.42 Å². The summed E-state index contributed by atoms with van der Waals surface area (Å²) in [5.74, 6) is -0.959. The van der Waals surface area contributed by atoms with Crippen LogP contribution in [0.5, 0.6) is 0 Å². The van der Waals surface area contributed by atoms with Crippen LogP contribution in [0.25, 0.3) is 0 Å². The molecular formula is C5H12N2O3. The Morgan fingerprint density at radius 2 is 2.00 bits per heavy atom. The van der Waals surface area contributed by atoms with E-state index in [0.29, 0.717) is 0 Å². The first-order valence-electron chi connectivity index (χ1n) is 2.95. The number of aliphatic hydroxyl groups excluding tert-OH is 1. The summed E-state index contributed by atoms with van der Waals surface area (Å²) in [6.45, 7) is 0. The molecule has 1 unspecified atom stereocenters. The van der Waals surface area contributed by atoms with Gasteiger partial charge in [-0.15, -0.1) is 0 Å². The molecule has 0 fully saturated rings. The summed E-state index contributed by atoms with van der Waals surface area (Å²) >= 11 is 0. The van der Waals surface area contributed by atoms with E-state index in [4.69, 9.17) is 21.7 Å². The fraction of sp³-hybridized carbons (Fsp3) is 0.800. The third kappa shape index (κ3) is 4.25. The van der Waals surface area contributed by atoms with E-state index >= 15 is 0 Å². The zero-order chi connectivity index (χ0) is 8.15. The largest absolute Gasteiger partial charge is 0.481 e. The van der Waals surface area contributed by atoms with Crippen molar-refractivity contribution < 1.29 is 15.0 Å². The number of aliphatic carboxylic acids is 1. The third-order valence-electron chi connectivity index (χ3n) is 1.10. The number of hydrogen-bond donors (Lipinski definition) is 4. The van der Waals surface area contributed by atoms with Crippen molar-refractivity contribution in [2.75, 3.05) is 0 Å². The second kappa shape index (κ2) is 4.21. The summed E-state index contributed by atoms with van der Waals surface area (Å²) in [5, 5.41) is 17.0. The molecule has 6 N–H and O–H groups in total. The molecule has 0 radical (unpaired) electrons. The second-order valence-electron chi connectivity index (χ2n) is 2.08. The molecule has 0 aromatic carbocycles. The van der Waals surface area contributed by atoms with E-state index < -0.39 is 18.2 Å². The van der Waals surface area contributed by atoms with E-state index in [1.165, 1.54) is 0 Å². The zero-order valence-corrected chi connectivity index (χ0v) is 5.53. The highest BCUT2D eigenvalue weighted by Gasteiger charge is 2.10. The van der Waals surface area contributed by atoms with Crippen LogP contribution >= 0.6 is 0 Å². The lowest BCUT2D eigenvalue weighted by atomic mass is 10.1. The van der Waals surface area contributed by atoms with Crippen LogP contribution in [-0.2, 0) is 4.79 Å². The van der Waals surface area contributed by atoms with Gasteiger partial charge in [-0.25, -0.2) is 0 Å². The molecule has 60 valence electrons. The van der Waals surface area contributed by atoms with Crippen molar-refractivity contribution in [2.24, 2.45) is 11.5 Å². The third-order valence-corrected chi connectivity index (χ3v) is 1.10. The maximum absolute atomic E-state index is 9.93. The van der Waals surface area contributed by atoms with Crippen molar-refractivity contribution in [3.63, 3.8) is 0 Å². The second-order valence-corrected chi connectivity index (χ2v) is 2.08. The van der Waals surface area contributed by atoms with Crippen LogP contribution in [0.1, 0.15) is 12.8 Å². The van der Waals surface area contributed by atoms with E-state index in [-0.39, 0.29) is 12.8 Å². The Morgan fingerprint density at radius 3 is 2.30 bits per heavy atom. The van der Waals surface area contributed by atoms with Crippen molar-refractivity contribution in [3.8, 4) is 0 Å². The molecule has 5 heteroatoms. The number of carboxylic acids is 1. The van der Waals surface area contributed by atoms with Gasteiger partial charge in [0.2, 0.25) is 0 Å². The average molecular weight is 148 g/mol. The van der Waals surface area contributed by atoms with Gasteiger partial charge in [0.1, 0.15) is 0 Å². The molecule has 1 atom stereocenters. The molecule has 0 heterocycles. The van der Waals surface area contributed by atoms with E-state index in [1.54, 1.807) is 0 Å². The Morgan fingerprint density at radius 1 is 1.50 bits per heavy atom. The number of aliphatic hydroxyl groups is 1. The molecule has 5 nitrogen and oxygen atoms in total. The van der Waals surface area contributed by atoms with E-state index in [2.05, 4.69) is 0 Å². The Bertz CT molecular complexity index is 115. The quantitative estimate of drug-likeness (QED) is 0.361. The molecular weight excluding hydrogens is 136 g/mol. The topological polar surface area (TPSA) is 110 Å². The van der Waals surface area contributed by atoms with Crippen molar-refractivity contribution in [1.29, 1.82) is 0 Å². The first kappa shape index (κ1) is 9.35. The Hall–Kier alpha value is -0.650. The van der Waals surface area contributed by atoms with Crippen LogP contribution in [-0.4, -0.2) is 28.5 Å². The minimum Gasteiger partial charge on any atom is -0.481 e. The fourth-order valence-corrected chi connectivity index (χ4v) is 0.464. The van der Waals surface area contributed by atoms with Gasteiger partial charge in [-0.1, -0.05) is 0 Å². The molecule has 0 spiro atoms. The highest BCUT2D eigenvalue weighted by Crippen LogP contribution is 1.96. The van der Waals surface area contributed by atoms with Crippen LogP contribution in [0, 0.1) is 0 Å². The monoisotopic (exact) mass is 148 g/mol. The molecule has 0 rings (SSSR count). The molecule has 0 amide bonds. The summed E-state index contributed by atoms with van der Waals surface area (Å²) in [4.78, 5) is 9.93. The summed E-state index contributed by atoms with van der Waals surface area (Å²) in [7, 11) is 0. The van der Waals surface area contributed by atoms with Crippen molar-refractivity contribution in [1.82, 2.24) is 0 Å². The van der Waals surface area contributed by atoms with Crippen LogP contribution in [0.2, 0.25) is 0 Å². The molecule has 0 saturated heterocycles. The lowest BCUT2D eigenvalue weighted by molar-refractivity contribution is -0.137. The molecule has 0 bridgehead atoms. The van der Waals surface area contributed by atoms with Crippen molar-refractivity contribution in [3.05, 3.63) is 0 Å². The maximum atomic E-state index is 9.93. The van der Waals surface area contributed by atoms with Gasteiger partial charge < -0.3 is 21.7 Å². The van der Waals surface area contributed by atoms with Crippen molar-refractivity contribution >= 4 is 5.97 Å². The number of rotatable bonds is 4. The highest BCUT2D eigenvalue weighted by molar-refractivity contribution is 5.66. The van der Waals surface area contributed by atoms with Gasteiger partial charge in [0, 0.05) is 6.42 Å². The molecule has 0 aliphatic heterocycles. The van der Waals surface area contributed by atoms with Crippen LogP contribution in [0.3, 0.4) is 0 Å². The number of carbonyl (C=O) groups is 1. The Balaban J connectivity index is 3.39. The van der Waals surface area contributed by atoms with Gasteiger partial charge in [0.05, 0.1) is 12.3 Å². The smallest absolute Gasteiger partial charge is 0.303 e. The molecule has 0 saturated carbocycles. The minimum atomic E-state index is -0.959. The van der Waals surface area contributed by atoms with Crippen LogP contribution < -0.4 is 11.5 Å². The van der Waals surface area contributed by atoms with Gasteiger partial charge in [0.15, 0.2) is 0 Å². The molecule has 0 aliphatic rings. The molecule has 0 aromatic rings. The predicted octanol–water partition coefficient (Wildman–Crippen LogP) is -1.54. The van der Waals surface area contributed by atoms with E-state index in [1.807, 2.05) is 0 Å². The zero-order valence-electron chi connectivity index (χ0n) is 5.53. The maximum Gasteiger partial charge on any atom is 0.303 e. The SMILES string of the molecule is NC(N)C(O)CCC(=O)O. The Labute approximate surface area is 58.6 Å². The summed E-state index contributed by atoms with van der Waals surface area (Å²) in [6, 6.07) is 0. The highest BCUT2D eigenvalue weighted by atomic mass is 16.4.